The van der Waals surface area contributed by atoms with E-state index in [1.807, 2.05) is 0 Å². The minimum Gasteiger partial charge on any atom is -0.493 e. The zero-order valence-corrected chi connectivity index (χ0v) is 18.3. The Morgan fingerprint density at radius 1 is 1.26 bits per heavy atom. The Labute approximate surface area is 186 Å². The van der Waals surface area contributed by atoms with Crippen molar-refractivity contribution in [1.29, 1.82) is 0 Å². The Bertz CT molecular complexity index is 1060. The van der Waals surface area contributed by atoms with Crippen LogP contribution < -0.4 is 20.1 Å². The van der Waals surface area contributed by atoms with Crippen molar-refractivity contribution in [3.63, 3.8) is 0 Å². The van der Waals surface area contributed by atoms with Gasteiger partial charge in [-0.1, -0.05) is 0 Å². The highest BCUT2D eigenvalue weighted by molar-refractivity contribution is 9.10. The third-order valence-corrected chi connectivity index (χ3v) is 4.91. The van der Waals surface area contributed by atoms with Gasteiger partial charge in [0.05, 0.1) is 11.6 Å². The number of urea groups is 1. The molecule has 162 valence electrons. The van der Waals surface area contributed by atoms with Crippen molar-refractivity contribution in [3.05, 3.63) is 57.9 Å². The number of anilines is 1. The van der Waals surface area contributed by atoms with Crippen LogP contribution in [0, 0.1) is 5.82 Å². The van der Waals surface area contributed by atoms with Gasteiger partial charge in [-0.15, -0.1) is 0 Å². The highest BCUT2D eigenvalue weighted by atomic mass is 79.9. The van der Waals surface area contributed by atoms with Crippen molar-refractivity contribution >= 4 is 45.5 Å². The van der Waals surface area contributed by atoms with E-state index >= 15 is 0 Å². The van der Waals surface area contributed by atoms with E-state index in [1.54, 1.807) is 19.1 Å². The summed E-state index contributed by atoms with van der Waals surface area (Å²) in [5, 5.41) is 5.12. The smallest absolute Gasteiger partial charge is 0.328 e. The molecule has 1 aliphatic rings. The lowest BCUT2D eigenvalue weighted by atomic mass is 10.1. The number of imide groups is 1. The number of amides is 4. The zero-order valence-electron chi connectivity index (χ0n) is 16.7. The number of benzene rings is 2. The number of ether oxygens (including phenoxy) is 2. The number of nitrogens with zero attached hydrogens (tertiary/aromatic N) is 1. The number of rotatable bonds is 7. The molecule has 4 amide bonds. The molecule has 0 aromatic heterocycles. The second-order valence-corrected chi connectivity index (χ2v) is 7.27. The summed E-state index contributed by atoms with van der Waals surface area (Å²) < 4.78 is 24.4. The third-order valence-electron chi connectivity index (χ3n) is 4.32. The molecule has 1 saturated heterocycles. The maximum absolute atomic E-state index is 13.0. The molecule has 2 aromatic rings. The first-order valence-corrected chi connectivity index (χ1v) is 10.0. The number of carbonyl (C=O) groups excluding carboxylic acids is 3. The first-order valence-electron chi connectivity index (χ1n) is 9.22. The lowest BCUT2D eigenvalue weighted by molar-refractivity contribution is -0.122. The van der Waals surface area contributed by atoms with E-state index in [0.717, 1.165) is 4.90 Å². The SMILES string of the molecule is CCN1C(=O)N/C(=C/c2cc(Br)c(OCC(=O)Nc3ccc(F)cc3)c(OC)c2)C1=O. The van der Waals surface area contributed by atoms with E-state index < -0.39 is 23.7 Å². The molecule has 1 aliphatic heterocycles. The van der Waals surface area contributed by atoms with Crippen molar-refractivity contribution in [1.82, 2.24) is 10.2 Å². The predicted molar refractivity (Wildman–Crippen MR) is 115 cm³/mol. The molecule has 2 N–H and O–H groups in total. The summed E-state index contributed by atoms with van der Waals surface area (Å²) in [6, 6.07) is 8.15. The highest BCUT2D eigenvalue weighted by Crippen LogP contribution is 2.37. The largest absolute Gasteiger partial charge is 0.493 e. The number of nitrogens with one attached hydrogen (secondary N) is 2. The van der Waals surface area contributed by atoms with Crippen LogP contribution in [0.1, 0.15) is 12.5 Å². The minimum atomic E-state index is -0.475. The summed E-state index contributed by atoms with van der Waals surface area (Å²) in [6.07, 6.45) is 1.52. The number of likely N-dealkylation sites (N-methyl/N-ethyl adjacent to an activating group) is 1. The molecular weight excluding hydrogens is 473 g/mol. The Balaban J connectivity index is 1.73. The van der Waals surface area contributed by atoms with Crippen LogP contribution in [0.3, 0.4) is 0 Å². The predicted octanol–water partition coefficient (Wildman–Crippen LogP) is 3.53. The molecule has 2 aromatic carbocycles. The normalized spacial score (nSPS) is 14.6. The molecular formula is C21H19BrFN3O5. The van der Waals surface area contributed by atoms with E-state index in [4.69, 9.17) is 9.47 Å². The van der Waals surface area contributed by atoms with Crippen LogP contribution in [-0.2, 0) is 9.59 Å². The average molecular weight is 492 g/mol. The van der Waals surface area contributed by atoms with Gasteiger partial charge in [-0.3, -0.25) is 14.5 Å². The van der Waals surface area contributed by atoms with Crippen LogP contribution in [0.25, 0.3) is 6.08 Å². The number of carbonyl (C=O) groups is 3. The Morgan fingerprint density at radius 3 is 2.58 bits per heavy atom. The number of hydrogen-bond acceptors (Lipinski definition) is 5. The van der Waals surface area contributed by atoms with Crippen molar-refractivity contribution in [2.45, 2.75) is 6.92 Å². The molecule has 1 fully saturated rings. The molecule has 0 atom stereocenters. The fourth-order valence-electron chi connectivity index (χ4n) is 2.86. The molecule has 1 heterocycles. The van der Waals surface area contributed by atoms with Gasteiger partial charge in [0.1, 0.15) is 11.5 Å². The number of methoxy groups -OCH3 is 1. The van der Waals surface area contributed by atoms with E-state index in [0.29, 0.717) is 21.5 Å². The quantitative estimate of drug-likeness (QED) is 0.456. The van der Waals surface area contributed by atoms with Gasteiger partial charge in [-0.2, -0.15) is 0 Å². The Hall–Kier alpha value is -3.40. The summed E-state index contributed by atoms with van der Waals surface area (Å²) in [5.74, 6) is -0.652. The Kier molecular flexibility index (Phi) is 6.91. The van der Waals surface area contributed by atoms with Crippen LogP contribution >= 0.6 is 15.9 Å². The van der Waals surface area contributed by atoms with Gasteiger partial charge in [-0.05, 0) is 70.9 Å². The fraction of sp³-hybridized carbons (Fsp3) is 0.190. The summed E-state index contributed by atoms with van der Waals surface area (Å²) in [6.45, 7) is 1.66. The van der Waals surface area contributed by atoms with Gasteiger partial charge in [0.15, 0.2) is 18.1 Å². The minimum absolute atomic E-state index is 0.146. The molecule has 0 saturated carbocycles. The van der Waals surface area contributed by atoms with Gasteiger partial charge in [0, 0.05) is 12.2 Å². The van der Waals surface area contributed by atoms with Crippen LogP contribution in [-0.4, -0.2) is 43.0 Å². The molecule has 0 spiro atoms. The molecule has 10 heteroatoms. The van der Waals surface area contributed by atoms with Gasteiger partial charge >= 0.3 is 6.03 Å². The van der Waals surface area contributed by atoms with E-state index in [1.165, 1.54) is 37.5 Å². The van der Waals surface area contributed by atoms with Crippen LogP contribution in [0.4, 0.5) is 14.9 Å². The van der Waals surface area contributed by atoms with Crippen LogP contribution in [0.15, 0.2) is 46.6 Å². The first kappa shape index (κ1) is 22.3. The van der Waals surface area contributed by atoms with E-state index in [-0.39, 0.29) is 24.6 Å². The second kappa shape index (κ2) is 9.61. The fourth-order valence-corrected chi connectivity index (χ4v) is 3.43. The van der Waals surface area contributed by atoms with Crippen molar-refractivity contribution in [2.24, 2.45) is 0 Å². The van der Waals surface area contributed by atoms with Gasteiger partial charge in [-0.25, -0.2) is 9.18 Å². The van der Waals surface area contributed by atoms with E-state index in [2.05, 4.69) is 26.6 Å². The summed E-state index contributed by atoms with van der Waals surface area (Å²) >= 11 is 3.38. The highest BCUT2D eigenvalue weighted by Gasteiger charge is 2.32. The molecule has 0 bridgehead atoms. The van der Waals surface area contributed by atoms with Gasteiger partial charge in [0.25, 0.3) is 11.8 Å². The zero-order chi connectivity index (χ0) is 22.5. The van der Waals surface area contributed by atoms with Crippen molar-refractivity contribution < 1.29 is 28.2 Å². The van der Waals surface area contributed by atoms with E-state index in [9.17, 15) is 18.8 Å². The second-order valence-electron chi connectivity index (χ2n) is 6.42. The first-order chi connectivity index (χ1) is 14.8. The maximum Gasteiger partial charge on any atom is 0.328 e. The van der Waals surface area contributed by atoms with Crippen molar-refractivity contribution in [2.75, 3.05) is 25.6 Å². The molecule has 0 radical (unpaired) electrons. The monoisotopic (exact) mass is 491 g/mol. The summed E-state index contributed by atoms with van der Waals surface area (Å²) in [7, 11) is 1.44. The average Bonchev–Trinajstić information content (AvgIpc) is 3.00. The molecule has 3 rings (SSSR count). The Morgan fingerprint density at radius 2 is 1.97 bits per heavy atom. The maximum atomic E-state index is 13.0. The number of halogens is 2. The molecule has 8 nitrogen and oxygen atoms in total. The van der Waals surface area contributed by atoms with Crippen LogP contribution in [0.5, 0.6) is 11.5 Å². The standard InChI is InChI=1S/C21H19BrFN3O5/c1-3-26-20(28)16(25-21(26)29)9-12-8-15(22)19(17(10-12)30-2)31-11-18(27)24-14-6-4-13(23)5-7-14/h4-10H,3,11H2,1-2H3,(H,24,27)(H,25,29)/b16-9+. The lowest BCUT2D eigenvalue weighted by Crippen LogP contribution is -2.30. The molecule has 0 aliphatic carbocycles. The van der Waals surface area contributed by atoms with Crippen LogP contribution in [0.2, 0.25) is 0 Å². The molecule has 0 unspecified atom stereocenters. The third kappa shape index (κ3) is 5.21. The summed E-state index contributed by atoms with van der Waals surface area (Å²) in [5.41, 5.74) is 1.16. The molecule has 31 heavy (non-hydrogen) atoms. The topological polar surface area (TPSA) is 97.0 Å². The van der Waals surface area contributed by atoms with Gasteiger partial charge < -0.3 is 20.1 Å². The summed E-state index contributed by atoms with van der Waals surface area (Å²) in [4.78, 5) is 37.3. The lowest BCUT2D eigenvalue weighted by Gasteiger charge is -2.14. The van der Waals surface area contributed by atoms with Gasteiger partial charge in [0.2, 0.25) is 0 Å². The van der Waals surface area contributed by atoms with Crippen molar-refractivity contribution in [3.8, 4) is 11.5 Å². The number of hydrogen-bond donors (Lipinski definition) is 2.